The third kappa shape index (κ3) is 4.24. The highest BCUT2D eigenvalue weighted by molar-refractivity contribution is 5.86. The van der Waals surface area contributed by atoms with Crippen molar-refractivity contribution in [1.82, 2.24) is 14.9 Å². The zero-order valence-electron chi connectivity index (χ0n) is 16.9. The molecule has 154 valence electrons. The van der Waals surface area contributed by atoms with Crippen molar-refractivity contribution < 1.29 is 19.1 Å². The largest absolute Gasteiger partial charge is 0.459 e. The molecule has 4 rings (SSSR count). The summed E-state index contributed by atoms with van der Waals surface area (Å²) in [6.07, 6.45) is 3.50. The van der Waals surface area contributed by atoms with Crippen LogP contribution in [0, 0.1) is 12.3 Å². The van der Waals surface area contributed by atoms with Crippen molar-refractivity contribution in [3.8, 4) is 0 Å². The number of esters is 1. The molecule has 2 heterocycles. The first kappa shape index (κ1) is 19.8. The first-order valence-corrected chi connectivity index (χ1v) is 10.3. The van der Waals surface area contributed by atoms with Crippen molar-refractivity contribution in [3.63, 3.8) is 0 Å². The molecule has 1 aromatic carbocycles. The van der Waals surface area contributed by atoms with Crippen molar-refractivity contribution in [1.29, 1.82) is 0 Å². The molecule has 7 heteroatoms. The summed E-state index contributed by atoms with van der Waals surface area (Å²) in [6, 6.07) is 7.64. The molecule has 2 aliphatic rings. The number of hydrogen-bond donors (Lipinski definition) is 0. The third-order valence-electron chi connectivity index (χ3n) is 6.03. The number of benzene rings is 1. The van der Waals surface area contributed by atoms with Gasteiger partial charge in [0.25, 0.3) is 0 Å². The molecule has 1 saturated carbocycles. The maximum absolute atomic E-state index is 13.1. The Labute approximate surface area is 170 Å². The molecule has 1 aromatic heterocycles. The fourth-order valence-corrected chi connectivity index (χ4v) is 4.27. The van der Waals surface area contributed by atoms with Crippen molar-refractivity contribution >= 4 is 22.9 Å². The molecule has 1 aliphatic carbocycles. The molecule has 1 amide bonds. The summed E-state index contributed by atoms with van der Waals surface area (Å²) >= 11 is 0. The van der Waals surface area contributed by atoms with Gasteiger partial charge in [0.05, 0.1) is 41.1 Å². The van der Waals surface area contributed by atoms with Crippen molar-refractivity contribution in [2.45, 2.75) is 45.6 Å². The van der Waals surface area contributed by atoms with Crippen LogP contribution in [0.1, 0.15) is 43.5 Å². The highest BCUT2D eigenvalue weighted by Gasteiger charge is 2.45. The lowest BCUT2D eigenvalue weighted by Crippen LogP contribution is -2.44. The van der Waals surface area contributed by atoms with Gasteiger partial charge in [-0.15, -0.1) is 0 Å². The van der Waals surface area contributed by atoms with Gasteiger partial charge in [-0.1, -0.05) is 25.0 Å². The Kier molecular flexibility index (Phi) is 5.76. The van der Waals surface area contributed by atoms with Crippen LogP contribution >= 0.6 is 0 Å². The molecule has 0 bridgehead atoms. The van der Waals surface area contributed by atoms with E-state index in [1.165, 1.54) is 0 Å². The molecule has 2 aromatic rings. The smallest absolute Gasteiger partial charge is 0.312 e. The minimum absolute atomic E-state index is 0.0221. The van der Waals surface area contributed by atoms with E-state index in [-0.39, 0.29) is 24.9 Å². The van der Waals surface area contributed by atoms with Crippen LogP contribution < -0.4 is 0 Å². The van der Waals surface area contributed by atoms with Crippen LogP contribution in [0.15, 0.2) is 24.3 Å². The first-order chi connectivity index (χ1) is 14.1. The molecule has 0 unspecified atom stereocenters. The van der Waals surface area contributed by atoms with Gasteiger partial charge in [-0.3, -0.25) is 9.59 Å². The van der Waals surface area contributed by atoms with Crippen LogP contribution in [-0.2, 0) is 25.7 Å². The first-order valence-electron chi connectivity index (χ1n) is 10.3. The standard InChI is InChI=1S/C22H27N3O4/c1-16-19(24-18-7-3-2-6-17(18)23-16)15-29-21(27)22(8-4-5-9-22)14-20(26)25-10-12-28-13-11-25/h2-3,6-7H,4-5,8-15H2,1H3. The van der Waals surface area contributed by atoms with Gasteiger partial charge in [0, 0.05) is 19.5 Å². The van der Waals surface area contributed by atoms with Crippen LogP contribution in [0.2, 0.25) is 0 Å². The van der Waals surface area contributed by atoms with Gasteiger partial charge in [-0.05, 0) is 31.9 Å². The normalized spacial score (nSPS) is 18.7. The lowest BCUT2D eigenvalue weighted by Gasteiger charge is -2.32. The summed E-state index contributed by atoms with van der Waals surface area (Å²) in [5, 5.41) is 0. The van der Waals surface area contributed by atoms with Gasteiger partial charge in [0.1, 0.15) is 6.61 Å². The Morgan fingerprint density at radius 1 is 1.10 bits per heavy atom. The Hall–Kier alpha value is -2.54. The van der Waals surface area contributed by atoms with E-state index in [2.05, 4.69) is 9.97 Å². The van der Waals surface area contributed by atoms with Crippen LogP contribution in [0.5, 0.6) is 0 Å². The third-order valence-corrected chi connectivity index (χ3v) is 6.03. The van der Waals surface area contributed by atoms with E-state index in [4.69, 9.17) is 9.47 Å². The molecular weight excluding hydrogens is 370 g/mol. The number of nitrogens with zero attached hydrogens (tertiary/aromatic N) is 3. The van der Waals surface area contributed by atoms with E-state index < -0.39 is 5.41 Å². The minimum atomic E-state index is -0.715. The molecule has 29 heavy (non-hydrogen) atoms. The highest BCUT2D eigenvalue weighted by atomic mass is 16.5. The Bertz CT molecular complexity index is 902. The van der Waals surface area contributed by atoms with Crippen molar-refractivity contribution in [2.24, 2.45) is 5.41 Å². The van der Waals surface area contributed by atoms with Crippen LogP contribution in [-0.4, -0.2) is 53.0 Å². The molecule has 0 atom stereocenters. The summed E-state index contributed by atoms with van der Waals surface area (Å²) in [5.41, 5.74) is 2.30. The fraction of sp³-hybridized carbons (Fsp3) is 0.545. The van der Waals surface area contributed by atoms with Crippen molar-refractivity contribution in [3.05, 3.63) is 35.7 Å². The second-order valence-electron chi connectivity index (χ2n) is 7.98. The number of hydrogen-bond acceptors (Lipinski definition) is 6. The quantitative estimate of drug-likeness (QED) is 0.722. The lowest BCUT2D eigenvalue weighted by molar-refractivity contribution is -0.161. The number of carbonyl (C=O) groups excluding carboxylic acids is 2. The maximum Gasteiger partial charge on any atom is 0.312 e. The Morgan fingerprint density at radius 3 is 2.45 bits per heavy atom. The number of ether oxygens (including phenoxy) is 2. The van der Waals surface area contributed by atoms with E-state index >= 15 is 0 Å². The minimum Gasteiger partial charge on any atom is -0.459 e. The number of morpholine rings is 1. The number of amides is 1. The maximum atomic E-state index is 13.1. The van der Waals surface area contributed by atoms with E-state index in [1.807, 2.05) is 31.2 Å². The van der Waals surface area contributed by atoms with E-state index in [0.29, 0.717) is 44.8 Å². The van der Waals surface area contributed by atoms with E-state index in [0.717, 1.165) is 29.6 Å². The number of para-hydroxylation sites is 2. The average molecular weight is 397 g/mol. The number of aryl methyl sites for hydroxylation is 1. The Balaban J connectivity index is 1.45. The van der Waals surface area contributed by atoms with E-state index in [9.17, 15) is 9.59 Å². The summed E-state index contributed by atoms with van der Waals surface area (Å²) in [6.45, 7) is 4.25. The molecule has 1 saturated heterocycles. The average Bonchev–Trinajstić information content (AvgIpc) is 3.22. The predicted molar refractivity (Wildman–Crippen MR) is 107 cm³/mol. The number of aromatic nitrogens is 2. The summed E-state index contributed by atoms with van der Waals surface area (Å²) in [5.74, 6) is -0.264. The second kappa shape index (κ2) is 8.45. The monoisotopic (exact) mass is 397 g/mol. The number of carbonyl (C=O) groups is 2. The molecule has 0 radical (unpaired) electrons. The van der Waals surface area contributed by atoms with E-state index in [1.54, 1.807) is 4.90 Å². The van der Waals surface area contributed by atoms with Gasteiger partial charge in [0.2, 0.25) is 5.91 Å². The topological polar surface area (TPSA) is 81.6 Å². The van der Waals surface area contributed by atoms with Crippen LogP contribution in [0.3, 0.4) is 0 Å². The van der Waals surface area contributed by atoms with Gasteiger partial charge < -0.3 is 14.4 Å². The molecular formula is C22H27N3O4. The molecule has 0 N–H and O–H groups in total. The number of fused-ring (bicyclic) bond motifs is 1. The Morgan fingerprint density at radius 2 is 1.76 bits per heavy atom. The molecule has 2 fully saturated rings. The van der Waals surface area contributed by atoms with Gasteiger partial charge >= 0.3 is 5.97 Å². The molecule has 0 spiro atoms. The van der Waals surface area contributed by atoms with Crippen LogP contribution in [0.25, 0.3) is 11.0 Å². The van der Waals surface area contributed by atoms with Crippen molar-refractivity contribution in [2.75, 3.05) is 26.3 Å². The zero-order chi connectivity index (χ0) is 20.3. The lowest BCUT2D eigenvalue weighted by atomic mass is 9.82. The molecule has 7 nitrogen and oxygen atoms in total. The summed E-state index contributed by atoms with van der Waals surface area (Å²) in [4.78, 5) is 36.8. The predicted octanol–water partition coefficient (Wildman–Crippen LogP) is 2.79. The zero-order valence-corrected chi connectivity index (χ0v) is 16.9. The van der Waals surface area contributed by atoms with Gasteiger partial charge in [-0.25, -0.2) is 9.97 Å². The highest BCUT2D eigenvalue weighted by Crippen LogP contribution is 2.43. The fourth-order valence-electron chi connectivity index (χ4n) is 4.27. The van der Waals surface area contributed by atoms with Crippen LogP contribution in [0.4, 0.5) is 0 Å². The summed E-state index contributed by atoms with van der Waals surface area (Å²) in [7, 11) is 0. The summed E-state index contributed by atoms with van der Waals surface area (Å²) < 4.78 is 11.0. The SMILES string of the molecule is Cc1nc2ccccc2nc1COC(=O)C1(CC(=O)N2CCOCC2)CCCC1. The molecule has 1 aliphatic heterocycles. The number of rotatable bonds is 5. The second-order valence-corrected chi connectivity index (χ2v) is 7.98. The van der Waals surface area contributed by atoms with Gasteiger partial charge in [-0.2, -0.15) is 0 Å². The van der Waals surface area contributed by atoms with Gasteiger partial charge in [0.15, 0.2) is 0 Å².